The van der Waals surface area contributed by atoms with Gasteiger partial charge in [0.25, 0.3) is 5.91 Å². The fourth-order valence-corrected chi connectivity index (χ4v) is 3.26. The molecule has 1 atom stereocenters. The highest BCUT2D eigenvalue weighted by Crippen LogP contribution is 2.23. The van der Waals surface area contributed by atoms with Crippen molar-refractivity contribution in [1.29, 1.82) is 5.26 Å². The van der Waals surface area contributed by atoms with Crippen LogP contribution in [0.5, 0.6) is 5.75 Å². The molecule has 0 bridgehead atoms. The average molecular weight is 362 g/mol. The highest BCUT2D eigenvalue weighted by Gasteiger charge is 2.10. The highest BCUT2D eigenvalue weighted by atomic mass is 32.1. The molecule has 5 heteroatoms. The lowest BCUT2D eigenvalue weighted by molar-refractivity contribution is -0.123. The van der Waals surface area contributed by atoms with Crippen molar-refractivity contribution in [3.63, 3.8) is 0 Å². The maximum absolute atomic E-state index is 12.0. The first kappa shape index (κ1) is 17.7. The number of amides is 1. The van der Waals surface area contributed by atoms with Crippen LogP contribution in [0.15, 0.2) is 66.0 Å². The number of benzene rings is 2. The predicted molar refractivity (Wildman–Crippen MR) is 103 cm³/mol. The van der Waals surface area contributed by atoms with Gasteiger partial charge in [0.15, 0.2) is 6.61 Å². The van der Waals surface area contributed by atoms with E-state index in [9.17, 15) is 4.79 Å². The summed E-state index contributed by atoms with van der Waals surface area (Å²) in [6.07, 6.45) is 0. The van der Waals surface area contributed by atoms with Crippen molar-refractivity contribution < 1.29 is 9.53 Å². The standard InChI is InChI=1S/C21H18N2O2S/c1-15(20-3-2-12-26-20)23-21(24)14-25-19-10-8-18(9-11-19)17-6-4-16(13-22)5-7-17/h2-12,15H,14H2,1H3,(H,23,24)/t15-/m0/s1. The monoisotopic (exact) mass is 362 g/mol. The number of hydrogen-bond acceptors (Lipinski definition) is 4. The summed E-state index contributed by atoms with van der Waals surface area (Å²) in [7, 11) is 0. The van der Waals surface area contributed by atoms with Crippen LogP contribution in [0, 0.1) is 11.3 Å². The Bertz CT molecular complexity index is 895. The van der Waals surface area contributed by atoms with E-state index in [0.717, 1.165) is 16.0 Å². The fourth-order valence-electron chi connectivity index (χ4n) is 2.52. The summed E-state index contributed by atoms with van der Waals surface area (Å²) in [6, 6.07) is 21.0. The molecule has 1 N–H and O–H groups in total. The normalized spacial score (nSPS) is 11.4. The highest BCUT2D eigenvalue weighted by molar-refractivity contribution is 7.10. The molecule has 0 spiro atoms. The van der Waals surface area contributed by atoms with Gasteiger partial charge in [-0.15, -0.1) is 11.3 Å². The number of thiophene rings is 1. The second kappa shape index (κ2) is 8.32. The van der Waals surface area contributed by atoms with E-state index in [0.29, 0.717) is 11.3 Å². The van der Waals surface area contributed by atoms with E-state index in [4.69, 9.17) is 10.00 Å². The Balaban J connectivity index is 1.54. The minimum Gasteiger partial charge on any atom is -0.484 e. The Morgan fingerprint density at radius 3 is 2.35 bits per heavy atom. The number of rotatable bonds is 6. The lowest BCUT2D eigenvalue weighted by Gasteiger charge is -2.13. The molecule has 1 heterocycles. The minimum atomic E-state index is -0.151. The van der Waals surface area contributed by atoms with Crippen molar-refractivity contribution in [2.45, 2.75) is 13.0 Å². The number of ether oxygens (including phenoxy) is 1. The van der Waals surface area contributed by atoms with E-state index in [2.05, 4.69) is 11.4 Å². The van der Waals surface area contributed by atoms with Crippen molar-refractivity contribution in [3.05, 3.63) is 76.5 Å². The third kappa shape index (κ3) is 4.50. The first-order valence-corrected chi connectivity index (χ1v) is 9.10. The fraction of sp³-hybridized carbons (Fsp3) is 0.143. The van der Waals surface area contributed by atoms with Crippen LogP contribution in [0.1, 0.15) is 23.4 Å². The molecule has 2 aromatic carbocycles. The SMILES string of the molecule is C[C@H](NC(=O)COc1ccc(-c2ccc(C#N)cc2)cc1)c1cccs1. The van der Waals surface area contributed by atoms with Crippen molar-refractivity contribution >= 4 is 17.2 Å². The van der Waals surface area contributed by atoms with Crippen LogP contribution in [0.3, 0.4) is 0 Å². The average Bonchev–Trinajstić information content (AvgIpc) is 3.22. The minimum absolute atomic E-state index is 0.0219. The lowest BCUT2D eigenvalue weighted by Crippen LogP contribution is -2.30. The zero-order valence-electron chi connectivity index (χ0n) is 14.3. The van der Waals surface area contributed by atoms with Gasteiger partial charge < -0.3 is 10.1 Å². The first-order valence-electron chi connectivity index (χ1n) is 8.22. The van der Waals surface area contributed by atoms with Crippen LogP contribution >= 0.6 is 11.3 Å². The van der Waals surface area contributed by atoms with Crippen LogP contribution in [0.25, 0.3) is 11.1 Å². The van der Waals surface area contributed by atoms with E-state index < -0.39 is 0 Å². The van der Waals surface area contributed by atoms with Crippen LogP contribution < -0.4 is 10.1 Å². The van der Waals surface area contributed by atoms with E-state index in [1.807, 2.05) is 60.8 Å². The maximum Gasteiger partial charge on any atom is 0.258 e. The molecule has 0 unspecified atom stereocenters. The number of carbonyl (C=O) groups excluding carboxylic acids is 1. The van der Waals surface area contributed by atoms with Gasteiger partial charge in [0.1, 0.15) is 5.75 Å². The van der Waals surface area contributed by atoms with E-state index >= 15 is 0 Å². The smallest absolute Gasteiger partial charge is 0.258 e. The predicted octanol–water partition coefficient (Wildman–Crippen LogP) is 4.54. The summed E-state index contributed by atoms with van der Waals surface area (Å²) >= 11 is 1.62. The quantitative estimate of drug-likeness (QED) is 0.700. The van der Waals surface area contributed by atoms with Gasteiger partial charge in [0, 0.05) is 4.88 Å². The van der Waals surface area contributed by atoms with Gasteiger partial charge in [0.05, 0.1) is 17.7 Å². The van der Waals surface area contributed by atoms with Gasteiger partial charge >= 0.3 is 0 Å². The van der Waals surface area contributed by atoms with Gasteiger partial charge in [0.2, 0.25) is 0 Å². The summed E-state index contributed by atoms with van der Waals surface area (Å²) in [5, 5.41) is 13.8. The molecular formula is C21H18N2O2S. The molecule has 0 fully saturated rings. The molecule has 1 amide bonds. The Morgan fingerprint density at radius 1 is 1.12 bits per heavy atom. The topological polar surface area (TPSA) is 62.1 Å². The number of hydrogen-bond donors (Lipinski definition) is 1. The Labute approximate surface area is 156 Å². The third-order valence-corrected chi connectivity index (χ3v) is 4.97. The number of nitrogens with one attached hydrogen (secondary N) is 1. The molecule has 0 saturated heterocycles. The Kier molecular flexibility index (Phi) is 5.67. The van der Waals surface area contributed by atoms with Crippen molar-refractivity contribution in [1.82, 2.24) is 5.32 Å². The molecule has 0 aliphatic heterocycles. The second-order valence-electron chi connectivity index (χ2n) is 5.81. The first-order chi connectivity index (χ1) is 12.7. The molecule has 0 saturated carbocycles. The van der Waals surface area contributed by atoms with Crippen molar-refractivity contribution in [2.75, 3.05) is 6.61 Å². The molecule has 3 aromatic rings. The van der Waals surface area contributed by atoms with E-state index in [1.54, 1.807) is 23.5 Å². The Hall–Kier alpha value is -3.10. The van der Waals surface area contributed by atoms with Crippen LogP contribution in [0.4, 0.5) is 0 Å². The third-order valence-electron chi connectivity index (χ3n) is 3.92. The van der Waals surface area contributed by atoms with Gasteiger partial charge in [-0.2, -0.15) is 5.26 Å². The molecule has 130 valence electrons. The van der Waals surface area contributed by atoms with Crippen molar-refractivity contribution in [3.8, 4) is 22.9 Å². The number of carbonyl (C=O) groups is 1. The van der Waals surface area contributed by atoms with Crippen LogP contribution in [0.2, 0.25) is 0 Å². The summed E-state index contributed by atoms with van der Waals surface area (Å²) in [5.74, 6) is 0.489. The summed E-state index contributed by atoms with van der Waals surface area (Å²) in [6.45, 7) is 1.93. The van der Waals surface area contributed by atoms with Crippen LogP contribution in [-0.4, -0.2) is 12.5 Å². The van der Waals surface area contributed by atoms with Crippen LogP contribution in [-0.2, 0) is 4.79 Å². The molecule has 0 aliphatic rings. The number of nitriles is 1. The van der Waals surface area contributed by atoms with Gasteiger partial charge in [-0.25, -0.2) is 0 Å². The largest absolute Gasteiger partial charge is 0.484 e. The summed E-state index contributed by atoms with van der Waals surface area (Å²) in [4.78, 5) is 13.1. The van der Waals surface area contributed by atoms with Crippen molar-refractivity contribution in [2.24, 2.45) is 0 Å². The molecule has 26 heavy (non-hydrogen) atoms. The summed E-state index contributed by atoms with van der Waals surface area (Å²) < 4.78 is 5.56. The molecule has 3 rings (SSSR count). The van der Waals surface area contributed by atoms with E-state index in [1.165, 1.54) is 0 Å². The molecule has 0 radical (unpaired) electrons. The zero-order valence-corrected chi connectivity index (χ0v) is 15.1. The maximum atomic E-state index is 12.0. The number of nitrogens with zero attached hydrogens (tertiary/aromatic N) is 1. The molecule has 4 nitrogen and oxygen atoms in total. The Morgan fingerprint density at radius 2 is 1.77 bits per heavy atom. The van der Waals surface area contributed by atoms with Gasteiger partial charge in [-0.1, -0.05) is 30.3 Å². The molecule has 0 aliphatic carbocycles. The van der Waals surface area contributed by atoms with E-state index in [-0.39, 0.29) is 18.6 Å². The summed E-state index contributed by atoms with van der Waals surface area (Å²) in [5.41, 5.74) is 2.69. The second-order valence-corrected chi connectivity index (χ2v) is 6.79. The van der Waals surface area contributed by atoms with Gasteiger partial charge in [-0.3, -0.25) is 4.79 Å². The zero-order chi connectivity index (χ0) is 18.4. The molecule has 1 aromatic heterocycles. The molecular weight excluding hydrogens is 344 g/mol. The lowest BCUT2D eigenvalue weighted by atomic mass is 10.0. The van der Waals surface area contributed by atoms with Gasteiger partial charge in [-0.05, 0) is 53.8 Å².